The van der Waals surface area contributed by atoms with Gasteiger partial charge in [-0.1, -0.05) is 324 Å². The smallest absolute Gasteiger partial charge is 0.268 e. The molecular weight excluding hydrogens is 1470 g/mol. The van der Waals surface area contributed by atoms with Gasteiger partial charge in [-0.05, 0) is 110 Å². The van der Waals surface area contributed by atoms with E-state index in [9.17, 15) is 0 Å². The van der Waals surface area contributed by atoms with E-state index < -0.39 is 16.1 Å². The van der Waals surface area contributed by atoms with Gasteiger partial charge < -0.3 is 18.3 Å². The molecule has 0 unspecified atom stereocenters. The first kappa shape index (κ1) is 64.6. The molecule has 0 aliphatic rings. The van der Waals surface area contributed by atoms with Crippen LogP contribution in [0, 0.1) is 18.5 Å². The molecular formula is C94H68N4O2PtSi2-2. The average Bonchev–Trinajstić information content (AvgIpc) is 1.54. The van der Waals surface area contributed by atoms with Crippen molar-refractivity contribution in [3.63, 3.8) is 0 Å². The first-order chi connectivity index (χ1) is 50.2. The number of imidazole rings is 1. The van der Waals surface area contributed by atoms with Crippen molar-refractivity contribution in [2.24, 2.45) is 0 Å². The molecule has 0 aliphatic heterocycles. The van der Waals surface area contributed by atoms with Gasteiger partial charge >= 0.3 is 0 Å². The van der Waals surface area contributed by atoms with Gasteiger partial charge in [-0.25, -0.2) is 4.98 Å². The summed E-state index contributed by atoms with van der Waals surface area (Å²) in [6.07, 6.45) is 5.93. The summed E-state index contributed by atoms with van der Waals surface area (Å²) in [6.45, 7) is 6.70. The fourth-order valence-electron chi connectivity index (χ4n) is 15.9. The molecule has 18 rings (SSSR count). The summed E-state index contributed by atoms with van der Waals surface area (Å²) in [7, 11) is -5.97. The molecule has 18 aromatic rings. The Morgan fingerprint density at radius 1 is 0.408 bits per heavy atom. The predicted molar refractivity (Wildman–Crippen MR) is 424 cm³/mol. The summed E-state index contributed by atoms with van der Waals surface area (Å²) >= 11 is 0. The van der Waals surface area contributed by atoms with Crippen molar-refractivity contribution < 1.29 is 34.8 Å². The minimum absolute atomic E-state index is 0. The van der Waals surface area contributed by atoms with Crippen molar-refractivity contribution >= 4 is 112 Å². The van der Waals surface area contributed by atoms with Crippen LogP contribution in [0.15, 0.2) is 362 Å². The monoisotopic (exact) mass is 1540 g/mol. The summed E-state index contributed by atoms with van der Waals surface area (Å²) in [5, 5.41) is 14.6. The van der Waals surface area contributed by atoms with E-state index in [4.69, 9.17) is 14.1 Å². The van der Waals surface area contributed by atoms with Crippen LogP contribution in [-0.4, -0.2) is 30.3 Å². The predicted octanol–water partition coefficient (Wildman–Crippen LogP) is 16.9. The van der Waals surface area contributed by atoms with Crippen molar-refractivity contribution in [3.05, 3.63) is 382 Å². The molecule has 0 bridgehead atoms. The van der Waals surface area contributed by atoms with Crippen molar-refractivity contribution in [2.45, 2.75) is 26.2 Å². The quantitative estimate of drug-likeness (QED) is 0.0445. The Bertz CT molecular complexity index is 5770. The molecule has 0 spiro atoms. The van der Waals surface area contributed by atoms with Crippen LogP contribution in [0.25, 0.3) is 94.2 Å². The molecule has 0 fully saturated rings. The number of rotatable bonds is 15. The first-order valence-corrected chi connectivity index (χ1v) is 38.8. The van der Waals surface area contributed by atoms with Crippen LogP contribution >= 0.6 is 0 Å². The molecule has 0 saturated heterocycles. The minimum Gasteiger partial charge on any atom is -0.510 e. The Balaban J connectivity index is 0.00000787. The molecule has 0 atom stereocenters. The molecule has 103 heavy (non-hydrogen) atoms. The van der Waals surface area contributed by atoms with Crippen LogP contribution in [0.4, 0.5) is 0 Å². The molecule has 4 aromatic heterocycles. The molecule has 496 valence electrons. The summed E-state index contributed by atoms with van der Waals surface area (Å²) in [5.74, 6) is 1.86. The molecule has 0 amide bonds. The fourth-order valence-corrected chi connectivity index (χ4v) is 25.5. The van der Waals surface area contributed by atoms with Crippen LogP contribution in [0.3, 0.4) is 0 Å². The number of ether oxygens (including phenoxy) is 1. The molecule has 9 heteroatoms. The molecule has 14 aromatic carbocycles. The number of hydrogen-bond acceptors (Lipinski definition) is 3. The van der Waals surface area contributed by atoms with E-state index in [1.165, 1.54) is 47.1 Å². The average molecular weight is 1540 g/mol. The number of para-hydroxylation sites is 4. The van der Waals surface area contributed by atoms with E-state index in [2.05, 4.69) is 374 Å². The van der Waals surface area contributed by atoms with Crippen molar-refractivity contribution in [2.75, 3.05) is 0 Å². The molecule has 0 radical (unpaired) electrons. The fraction of sp³-hybridized carbons (Fsp3) is 0.0426. The Hall–Kier alpha value is -11.8. The zero-order valence-electron chi connectivity index (χ0n) is 57.0. The first-order valence-electron chi connectivity index (χ1n) is 34.8. The van der Waals surface area contributed by atoms with E-state index in [1.54, 1.807) is 0 Å². The van der Waals surface area contributed by atoms with Crippen molar-refractivity contribution in [3.8, 4) is 50.9 Å². The zero-order chi connectivity index (χ0) is 68.4. The van der Waals surface area contributed by atoms with Crippen molar-refractivity contribution in [1.29, 1.82) is 0 Å². The normalized spacial score (nSPS) is 12.0. The molecule has 0 aliphatic carbocycles. The Morgan fingerprint density at radius 2 is 0.883 bits per heavy atom. The van der Waals surface area contributed by atoms with Gasteiger partial charge in [0.25, 0.3) is 6.33 Å². The Morgan fingerprint density at radius 3 is 1.44 bits per heavy atom. The summed E-state index contributed by atoms with van der Waals surface area (Å²) in [5.41, 5.74) is 12.5. The van der Waals surface area contributed by atoms with Gasteiger partial charge in [0, 0.05) is 44.1 Å². The number of benzene rings is 14. The van der Waals surface area contributed by atoms with E-state index >= 15 is 0 Å². The largest absolute Gasteiger partial charge is 0.510 e. The van der Waals surface area contributed by atoms with Crippen LogP contribution in [0.2, 0.25) is 0 Å². The number of fused-ring (bicyclic) bond motifs is 8. The third-order valence-electron chi connectivity index (χ3n) is 20.5. The second-order valence-corrected chi connectivity index (χ2v) is 34.9. The van der Waals surface area contributed by atoms with Gasteiger partial charge in [0.2, 0.25) is 0 Å². The number of furan rings is 1. The summed E-state index contributed by atoms with van der Waals surface area (Å²) in [4.78, 5) is 5.07. The standard InChI is InChI=1S/C94H68N4O2Si2.Pt/c1-94(2,3)68-58-59-95-90(62-68)98-87-64-71(54-55-82(87)83-56-57-89-91(93(83)98)84-48-22-25-53-88(84)100-89)99-70-33-28-32-69(63-70)96-65-97(86-52-24-23-51-85(86)96)92-80(66-30-26-46-78(60-66)101(72-34-10-4-11-35-72,73-36-12-5-13-37-73)74-38-14-6-15-39-74)49-29-50-81(92)67-31-27-47-79(61-67)102(75-40-16-7-17-41-75,76-42-18-8-19-43-76)77-44-20-9-21-45-77;/h4-62H,1-3H3;/q-2;. The third-order valence-corrected chi connectivity index (χ3v) is 30.0. The second-order valence-electron chi connectivity index (χ2n) is 27.3. The number of pyridine rings is 1. The minimum atomic E-state index is -2.99. The molecule has 6 nitrogen and oxygen atoms in total. The molecule has 0 saturated carbocycles. The maximum absolute atomic E-state index is 6.99. The number of aromatic nitrogens is 4. The maximum atomic E-state index is 6.99. The van der Waals surface area contributed by atoms with Gasteiger partial charge in [0.15, 0.2) is 16.1 Å². The van der Waals surface area contributed by atoms with E-state index in [-0.39, 0.29) is 26.5 Å². The Labute approximate surface area is 616 Å². The van der Waals surface area contributed by atoms with Gasteiger partial charge in [-0.15, -0.1) is 29.7 Å². The van der Waals surface area contributed by atoms with Gasteiger partial charge in [-0.2, -0.15) is 18.2 Å². The van der Waals surface area contributed by atoms with E-state index in [0.29, 0.717) is 11.5 Å². The number of nitrogens with zero attached hydrogens (tertiary/aromatic N) is 4. The SMILES string of the molecule is CC(C)(C)c1ccnc(-n2c3[c-]c(Oc4[c-]c(-n5[c-][n+](-c6c(-c7cccc([Si](c8ccccc8)(c8ccccc8)c8ccccc8)c7)cccc6-c6cccc([Si](c7ccccc7)(c7ccccc7)c7ccccc7)c6)c6ccccc65)ccc4)ccc3c3ccc4oc5ccccc5c4c32)c1.[Pt]. The van der Waals surface area contributed by atoms with Gasteiger partial charge in [0.05, 0.1) is 27.6 Å². The number of hydrogen-bond donors (Lipinski definition) is 0. The summed E-state index contributed by atoms with van der Waals surface area (Å²) in [6, 6.07) is 136. The van der Waals surface area contributed by atoms with Crippen molar-refractivity contribution in [1.82, 2.24) is 14.1 Å². The zero-order valence-corrected chi connectivity index (χ0v) is 61.3. The van der Waals surface area contributed by atoms with Crippen LogP contribution in [0.5, 0.6) is 11.5 Å². The van der Waals surface area contributed by atoms with E-state index in [1.807, 2.05) is 36.5 Å². The third kappa shape index (κ3) is 11.0. The van der Waals surface area contributed by atoms with Crippen LogP contribution < -0.4 is 50.8 Å². The summed E-state index contributed by atoms with van der Waals surface area (Å²) < 4.78 is 20.2. The topological polar surface area (TPSA) is 49.0 Å². The second kappa shape index (κ2) is 26.6. The van der Waals surface area contributed by atoms with Crippen LogP contribution in [-0.2, 0) is 26.5 Å². The van der Waals surface area contributed by atoms with E-state index in [0.717, 1.165) is 94.2 Å². The Kier molecular flexibility index (Phi) is 16.7. The van der Waals surface area contributed by atoms with Gasteiger partial charge in [0.1, 0.15) is 17.0 Å². The van der Waals surface area contributed by atoms with Crippen LogP contribution in [0.1, 0.15) is 26.3 Å². The molecule has 4 heterocycles. The molecule has 0 N–H and O–H groups in total. The van der Waals surface area contributed by atoms with Gasteiger partial charge in [-0.3, -0.25) is 4.57 Å². The maximum Gasteiger partial charge on any atom is 0.268 e.